The van der Waals surface area contributed by atoms with Gasteiger partial charge in [0.1, 0.15) is 0 Å². The Labute approximate surface area is 131 Å². The second-order valence-electron chi connectivity index (χ2n) is 5.91. The van der Waals surface area contributed by atoms with Gasteiger partial charge in [0.2, 0.25) is 0 Å². The number of fused-ring (bicyclic) bond motifs is 1. The van der Waals surface area contributed by atoms with Gasteiger partial charge in [-0.2, -0.15) is 0 Å². The van der Waals surface area contributed by atoms with E-state index in [0.29, 0.717) is 11.5 Å². The zero-order chi connectivity index (χ0) is 15.5. The summed E-state index contributed by atoms with van der Waals surface area (Å²) in [5.41, 5.74) is 4.07. The highest BCUT2D eigenvalue weighted by Gasteiger charge is 2.29. The molecule has 1 aliphatic heterocycles. The number of hydrogen-bond acceptors (Lipinski definition) is 2. The van der Waals surface area contributed by atoms with Crippen LogP contribution in [0.5, 0.6) is 0 Å². The molecule has 0 bridgehead atoms. The van der Waals surface area contributed by atoms with Gasteiger partial charge in [0.15, 0.2) is 0 Å². The number of carboxylic acid groups (broad SMARTS) is 1. The Morgan fingerprint density at radius 3 is 2.68 bits per heavy atom. The van der Waals surface area contributed by atoms with Crippen LogP contribution in [0.15, 0.2) is 48.5 Å². The molecule has 114 valence electrons. The summed E-state index contributed by atoms with van der Waals surface area (Å²) in [6.07, 6.45) is 2.05. The number of nitrogens with zero attached hydrogens (tertiary/aromatic N) is 1. The normalized spacial score (nSPS) is 16.6. The van der Waals surface area contributed by atoms with Crippen LogP contribution in [-0.2, 0) is 6.42 Å². The fraction of sp³-hybridized carbons (Fsp3) is 0.316. The first kappa shape index (κ1) is 14.6. The van der Waals surface area contributed by atoms with Crippen molar-refractivity contribution in [3.8, 4) is 0 Å². The predicted molar refractivity (Wildman–Crippen MR) is 88.8 cm³/mol. The van der Waals surface area contributed by atoms with Crippen LogP contribution in [0.25, 0.3) is 0 Å². The number of aromatic carboxylic acids is 1. The molecule has 3 nitrogen and oxygen atoms in total. The van der Waals surface area contributed by atoms with E-state index in [0.717, 1.165) is 25.9 Å². The van der Waals surface area contributed by atoms with Crippen LogP contribution in [0.3, 0.4) is 0 Å². The van der Waals surface area contributed by atoms with E-state index < -0.39 is 5.97 Å². The number of anilines is 1. The van der Waals surface area contributed by atoms with Crippen molar-refractivity contribution in [3.05, 3.63) is 65.2 Å². The maximum absolute atomic E-state index is 11.3. The monoisotopic (exact) mass is 295 g/mol. The SMILES string of the molecule is CCCN1CC(Cc2ccccc2)c2cc(C(=O)O)ccc21. The molecule has 0 saturated heterocycles. The van der Waals surface area contributed by atoms with Gasteiger partial charge in [-0.15, -0.1) is 0 Å². The molecule has 2 aromatic rings. The third-order valence-corrected chi connectivity index (χ3v) is 4.31. The quantitative estimate of drug-likeness (QED) is 0.908. The van der Waals surface area contributed by atoms with E-state index in [2.05, 4.69) is 36.1 Å². The first-order chi connectivity index (χ1) is 10.7. The van der Waals surface area contributed by atoms with Crippen molar-refractivity contribution in [3.63, 3.8) is 0 Å². The lowest BCUT2D eigenvalue weighted by Crippen LogP contribution is -2.23. The van der Waals surface area contributed by atoms with Gasteiger partial charge in [-0.3, -0.25) is 0 Å². The summed E-state index contributed by atoms with van der Waals surface area (Å²) < 4.78 is 0. The van der Waals surface area contributed by atoms with E-state index in [4.69, 9.17) is 0 Å². The van der Waals surface area contributed by atoms with E-state index in [1.54, 1.807) is 6.07 Å². The largest absolute Gasteiger partial charge is 0.478 e. The first-order valence-electron chi connectivity index (χ1n) is 7.85. The highest BCUT2D eigenvalue weighted by Crippen LogP contribution is 2.38. The molecule has 0 fully saturated rings. The molecule has 0 saturated carbocycles. The molecule has 0 radical (unpaired) electrons. The van der Waals surface area contributed by atoms with Crippen LogP contribution in [0.4, 0.5) is 5.69 Å². The van der Waals surface area contributed by atoms with Crippen molar-refractivity contribution in [2.75, 3.05) is 18.0 Å². The van der Waals surface area contributed by atoms with Crippen LogP contribution in [0.2, 0.25) is 0 Å². The Balaban J connectivity index is 1.93. The maximum Gasteiger partial charge on any atom is 0.335 e. The predicted octanol–water partition coefficient (Wildman–Crippen LogP) is 3.94. The lowest BCUT2D eigenvalue weighted by atomic mass is 9.93. The number of carbonyl (C=O) groups is 1. The van der Waals surface area contributed by atoms with Crippen LogP contribution in [0, 0.1) is 0 Å². The Kier molecular flexibility index (Phi) is 4.14. The molecule has 0 aromatic heterocycles. The van der Waals surface area contributed by atoms with E-state index >= 15 is 0 Å². The first-order valence-corrected chi connectivity index (χ1v) is 7.85. The second-order valence-corrected chi connectivity index (χ2v) is 5.91. The number of hydrogen-bond donors (Lipinski definition) is 1. The van der Waals surface area contributed by atoms with Gasteiger partial charge < -0.3 is 10.0 Å². The Morgan fingerprint density at radius 2 is 2.00 bits per heavy atom. The fourth-order valence-corrected chi connectivity index (χ4v) is 3.32. The van der Waals surface area contributed by atoms with Gasteiger partial charge in [0.05, 0.1) is 5.56 Å². The maximum atomic E-state index is 11.3. The third kappa shape index (κ3) is 2.84. The third-order valence-electron chi connectivity index (χ3n) is 4.31. The minimum atomic E-state index is -0.852. The van der Waals surface area contributed by atoms with Crippen molar-refractivity contribution >= 4 is 11.7 Å². The molecule has 2 aromatic carbocycles. The molecule has 22 heavy (non-hydrogen) atoms. The summed E-state index contributed by atoms with van der Waals surface area (Å²) in [7, 11) is 0. The molecule has 1 heterocycles. The van der Waals surface area contributed by atoms with Gasteiger partial charge >= 0.3 is 5.97 Å². The van der Waals surface area contributed by atoms with E-state index in [-0.39, 0.29) is 0 Å². The molecule has 3 rings (SSSR count). The summed E-state index contributed by atoms with van der Waals surface area (Å²) in [5, 5.41) is 9.25. The second kappa shape index (κ2) is 6.22. The minimum Gasteiger partial charge on any atom is -0.478 e. The molecule has 3 heteroatoms. The molecular formula is C19H21NO2. The van der Waals surface area contributed by atoms with Gasteiger partial charge in [0.25, 0.3) is 0 Å². The topological polar surface area (TPSA) is 40.5 Å². The van der Waals surface area contributed by atoms with Crippen LogP contribution >= 0.6 is 0 Å². The molecule has 0 amide bonds. The number of carboxylic acids is 1. The number of benzene rings is 2. The van der Waals surface area contributed by atoms with Crippen LogP contribution < -0.4 is 4.90 Å². The summed E-state index contributed by atoms with van der Waals surface area (Å²) in [6.45, 7) is 4.17. The van der Waals surface area contributed by atoms with Gasteiger partial charge in [0, 0.05) is 24.7 Å². The molecule has 1 atom stereocenters. The standard InChI is InChI=1S/C19H21NO2/c1-2-10-20-13-16(11-14-6-4-3-5-7-14)17-12-15(19(21)22)8-9-18(17)20/h3-9,12,16H,2,10-11,13H2,1H3,(H,21,22). The lowest BCUT2D eigenvalue weighted by molar-refractivity contribution is 0.0697. The Morgan fingerprint density at radius 1 is 1.23 bits per heavy atom. The summed E-state index contributed by atoms with van der Waals surface area (Å²) in [4.78, 5) is 13.6. The molecule has 0 spiro atoms. The summed E-state index contributed by atoms with van der Waals surface area (Å²) >= 11 is 0. The minimum absolute atomic E-state index is 0.364. The average molecular weight is 295 g/mol. The van der Waals surface area contributed by atoms with E-state index in [1.807, 2.05) is 18.2 Å². The molecule has 1 N–H and O–H groups in total. The fourth-order valence-electron chi connectivity index (χ4n) is 3.32. The molecule has 1 unspecified atom stereocenters. The van der Waals surface area contributed by atoms with Crippen molar-refractivity contribution in [1.82, 2.24) is 0 Å². The Hall–Kier alpha value is -2.29. The number of rotatable bonds is 5. The van der Waals surface area contributed by atoms with Gasteiger partial charge in [-0.25, -0.2) is 4.79 Å². The Bertz CT molecular complexity index is 666. The lowest BCUT2D eigenvalue weighted by Gasteiger charge is -2.19. The highest BCUT2D eigenvalue weighted by molar-refractivity contribution is 5.89. The smallest absolute Gasteiger partial charge is 0.335 e. The van der Waals surface area contributed by atoms with Crippen molar-refractivity contribution < 1.29 is 9.90 Å². The average Bonchev–Trinajstić information content (AvgIpc) is 2.86. The summed E-state index contributed by atoms with van der Waals surface area (Å²) in [6, 6.07) is 16.0. The van der Waals surface area contributed by atoms with E-state index in [9.17, 15) is 9.90 Å². The van der Waals surface area contributed by atoms with Crippen molar-refractivity contribution in [1.29, 1.82) is 0 Å². The van der Waals surface area contributed by atoms with Crippen LogP contribution in [0.1, 0.15) is 40.7 Å². The van der Waals surface area contributed by atoms with Crippen LogP contribution in [-0.4, -0.2) is 24.2 Å². The van der Waals surface area contributed by atoms with Crippen molar-refractivity contribution in [2.45, 2.75) is 25.7 Å². The molecule has 1 aliphatic rings. The van der Waals surface area contributed by atoms with Gasteiger partial charge in [-0.05, 0) is 42.2 Å². The summed E-state index contributed by atoms with van der Waals surface area (Å²) in [5.74, 6) is -0.488. The van der Waals surface area contributed by atoms with Gasteiger partial charge in [-0.1, -0.05) is 37.3 Å². The zero-order valence-corrected chi connectivity index (χ0v) is 12.8. The van der Waals surface area contributed by atoms with E-state index in [1.165, 1.54) is 16.8 Å². The zero-order valence-electron chi connectivity index (χ0n) is 12.8. The molecule has 0 aliphatic carbocycles. The van der Waals surface area contributed by atoms with Crippen molar-refractivity contribution in [2.24, 2.45) is 0 Å². The highest BCUT2D eigenvalue weighted by atomic mass is 16.4. The molecular weight excluding hydrogens is 274 g/mol.